The van der Waals surface area contributed by atoms with Crippen molar-refractivity contribution in [1.29, 1.82) is 0 Å². The second kappa shape index (κ2) is 5.50. The average molecular weight is 237 g/mol. The van der Waals surface area contributed by atoms with Crippen molar-refractivity contribution in [1.82, 2.24) is 5.32 Å². The molecule has 0 spiro atoms. The molecule has 0 radical (unpaired) electrons. The molecule has 1 aromatic carbocycles. The lowest BCUT2D eigenvalue weighted by molar-refractivity contribution is 0.385. The van der Waals surface area contributed by atoms with E-state index >= 15 is 0 Å². The molecule has 1 aliphatic rings. The highest BCUT2D eigenvalue weighted by atomic mass is 19.1. The number of halogens is 1. The zero-order valence-corrected chi connectivity index (χ0v) is 10.5. The fraction of sp³-hybridized carbons (Fsp3) is 0.571. The number of ether oxygens (including phenoxy) is 1. The van der Waals surface area contributed by atoms with E-state index in [0.717, 1.165) is 17.9 Å². The molecular formula is C14H20FNO. The van der Waals surface area contributed by atoms with Crippen molar-refractivity contribution in [3.8, 4) is 5.75 Å². The SMILES string of the molecule is CNC(Cc1ccc(OC)c(F)c1)CC1CC1. The smallest absolute Gasteiger partial charge is 0.165 e. The van der Waals surface area contributed by atoms with Crippen LogP contribution >= 0.6 is 0 Å². The molecule has 1 saturated carbocycles. The third-order valence-electron chi connectivity index (χ3n) is 3.42. The summed E-state index contributed by atoms with van der Waals surface area (Å²) >= 11 is 0. The van der Waals surface area contributed by atoms with Gasteiger partial charge >= 0.3 is 0 Å². The van der Waals surface area contributed by atoms with Gasteiger partial charge in [-0.25, -0.2) is 4.39 Å². The van der Waals surface area contributed by atoms with E-state index in [1.807, 2.05) is 13.1 Å². The Labute approximate surface area is 102 Å². The van der Waals surface area contributed by atoms with E-state index in [2.05, 4.69) is 5.32 Å². The molecule has 3 heteroatoms. The Morgan fingerprint density at radius 1 is 1.47 bits per heavy atom. The summed E-state index contributed by atoms with van der Waals surface area (Å²) < 4.78 is 18.4. The van der Waals surface area contributed by atoms with Crippen molar-refractivity contribution in [2.24, 2.45) is 5.92 Å². The first-order valence-electron chi connectivity index (χ1n) is 6.22. The molecule has 0 saturated heterocycles. The average Bonchev–Trinajstić information content (AvgIpc) is 3.12. The van der Waals surface area contributed by atoms with Crippen LogP contribution in [0.4, 0.5) is 4.39 Å². The lowest BCUT2D eigenvalue weighted by atomic mass is 10.0. The van der Waals surface area contributed by atoms with Gasteiger partial charge in [0.15, 0.2) is 11.6 Å². The van der Waals surface area contributed by atoms with Crippen molar-refractivity contribution in [3.63, 3.8) is 0 Å². The highest BCUT2D eigenvalue weighted by Gasteiger charge is 2.24. The lowest BCUT2D eigenvalue weighted by Gasteiger charge is -2.16. The standard InChI is InChI=1S/C14H20FNO/c1-16-12(7-10-3-4-10)8-11-5-6-14(17-2)13(15)9-11/h5-6,9-10,12,16H,3-4,7-8H2,1-2H3. The minimum absolute atomic E-state index is 0.272. The summed E-state index contributed by atoms with van der Waals surface area (Å²) in [6, 6.07) is 5.68. The zero-order valence-electron chi connectivity index (χ0n) is 10.5. The molecule has 0 amide bonds. The Bertz CT molecular complexity index is 376. The number of likely N-dealkylation sites (N-methyl/N-ethyl adjacent to an activating group) is 1. The van der Waals surface area contributed by atoms with Crippen LogP contribution in [0.5, 0.6) is 5.75 Å². The number of nitrogens with one attached hydrogen (secondary N) is 1. The van der Waals surface area contributed by atoms with Gasteiger partial charge in [-0.15, -0.1) is 0 Å². The van der Waals surface area contributed by atoms with Crippen LogP contribution in [0.2, 0.25) is 0 Å². The van der Waals surface area contributed by atoms with Crippen LogP contribution in [0.3, 0.4) is 0 Å². The van der Waals surface area contributed by atoms with Crippen LogP contribution in [0, 0.1) is 11.7 Å². The molecular weight excluding hydrogens is 217 g/mol. The van der Waals surface area contributed by atoms with E-state index in [-0.39, 0.29) is 5.82 Å². The molecule has 1 atom stereocenters. The fourth-order valence-electron chi connectivity index (χ4n) is 2.18. The van der Waals surface area contributed by atoms with Gasteiger partial charge in [-0.05, 0) is 43.5 Å². The Hall–Kier alpha value is -1.09. The van der Waals surface area contributed by atoms with Gasteiger partial charge < -0.3 is 10.1 Å². The third kappa shape index (κ3) is 3.43. The summed E-state index contributed by atoms with van der Waals surface area (Å²) in [5.74, 6) is 0.929. The van der Waals surface area contributed by atoms with Crippen molar-refractivity contribution < 1.29 is 9.13 Å². The summed E-state index contributed by atoms with van der Waals surface area (Å²) in [6.07, 6.45) is 4.79. The van der Waals surface area contributed by atoms with E-state index in [9.17, 15) is 4.39 Å². The van der Waals surface area contributed by atoms with Gasteiger partial charge in [0.1, 0.15) is 0 Å². The maximum Gasteiger partial charge on any atom is 0.165 e. The number of methoxy groups -OCH3 is 1. The van der Waals surface area contributed by atoms with Gasteiger partial charge in [0.25, 0.3) is 0 Å². The van der Waals surface area contributed by atoms with Crippen molar-refractivity contribution in [2.45, 2.75) is 31.7 Å². The van der Waals surface area contributed by atoms with Crippen molar-refractivity contribution >= 4 is 0 Å². The van der Waals surface area contributed by atoms with Crippen LogP contribution in [-0.4, -0.2) is 20.2 Å². The summed E-state index contributed by atoms with van der Waals surface area (Å²) in [4.78, 5) is 0. The van der Waals surface area contributed by atoms with E-state index in [0.29, 0.717) is 11.8 Å². The molecule has 0 aromatic heterocycles. The maximum absolute atomic E-state index is 13.5. The molecule has 1 unspecified atom stereocenters. The molecule has 1 fully saturated rings. The Morgan fingerprint density at radius 2 is 2.24 bits per heavy atom. The number of hydrogen-bond donors (Lipinski definition) is 1. The normalized spacial score (nSPS) is 16.9. The predicted molar refractivity (Wildman–Crippen MR) is 66.8 cm³/mol. The minimum atomic E-state index is -0.272. The zero-order chi connectivity index (χ0) is 12.3. The van der Waals surface area contributed by atoms with E-state index in [1.54, 1.807) is 12.1 Å². The minimum Gasteiger partial charge on any atom is -0.494 e. The number of hydrogen-bond acceptors (Lipinski definition) is 2. The van der Waals surface area contributed by atoms with E-state index in [4.69, 9.17) is 4.74 Å². The van der Waals surface area contributed by atoms with Crippen LogP contribution in [0.25, 0.3) is 0 Å². The highest BCUT2D eigenvalue weighted by Crippen LogP contribution is 2.34. The maximum atomic E-state index is 13.5. The third-order valence-corrected chi connectivity index (χ3v) is 3.42. The Morgan fingerprint density at radius 3 is 2.76 bits per heavy atom. The quantitative estimate of drug-likeness (QED) is 0.821. The van der Waals surface area contributed by atoms with E-state index < -0.39 is 0 Å². The molecule has 1 aromatic rings. The van der Waals surface area contributed by atoms with Crippen LogP contribution in [-0.2, 0) is 6.42 Å². The summed E-state index contributed by atoms with van der Waals surface area (Å²) in [7, 11) is 3.47. The van der Waals surface area contributed by atoms with E-state index in [1.165, 1.54) is 26.4 Å². The lowest BCUT2D eigenvalue weighted by Crippen LogP contribution is -2.28. The Kier molecular flexibility index (Phi) is 4.00. The topological polar surface area (TPSA) is 21.3 Å². The monoisotopic (exact) mass is 237 g/mol. The Balaban J connectivity index is 1.98. The van der Waals surface area contributed by atoms with Crippen LogP contribution < -0.4 is 10.1 Å². The molecule has 0 aliphatic heterocycles. The summed E-state index contributed by atoms with van der Waals surface area (Å²) in [5.41, 5.74) is 1.03. The summed E-state index contributed by atoms with van der Waals surface area (Å²) in [5, 5.41) is 3.32. The van der Waals surface area contributed by atoms with Gasteiger partial charge in [-0.2, -0.15) is 0 Å². The van der Waals surface area contributed by atoms with Gasteiger partial charge in [0.2, 0.25) is 0 Å². The number of rotatable bonds is 6. The molecule has 0 heterocycles. The molecule has 0 bridgehead atoms. The summed E-state index contributed by atoms with van der Waals surface area (Å²) in [6.45, 7) is 0. The first-order valence-corrected chi connectivity index (χ1v) is 6.22. The van der Waals surface area contributed by atoms with Crippen LogP contribution in [0.15, 0.2) is 18.2 Å². The molecule has 2 rings (SSSR count). The van der Waals surface area contributed by atoms with Gasteiger partial charge in [0.05, 0.1) is 7.11 Å². The molecule has 94 valence electrons. The first kappa shape index (κ1) is 12.4. The van der Waals surface area contributed by atoms with Crippen molar-refractivity contribution in [3.05, 3.63) is 29.6 Å². The first-order chi connectivity index (χ1) is 8.22. The molecule has 1 N–H and O–H groups in total. The van der Waals surface area contributed by atoms with Gasteiger partial charge in [-0.3, -0.25) is 0 Å². The second-order valence-electron chi connectivity index (χ2n) is 4.84. The van der Waals surface area contributed by atoms with Crippen molar-refractivity contribution in [2.75, 3.05) is 14.2 Å². The highest BCUT2D eigenvalue weighted by molar-refractivity contribution is 5.29. The van der Waals surface area contributed by atoms with Crippen LogP contribution in [0.1, 0.15) is 24.8 Å². The van der Waals surface area contributed by atoms with Gasteiger partial charge in [0, 0.05) is 6.04 Å². The molecule has 17 heavy (non-hydrogen) atoms. The second-order valence-corrected chi connectivity index (χ2v) is 4.84. The molecule has 2 nitrogen and oxygen atoms in total. The molecule has 1 aliphatic carbocycles. The van der Waals surface area contributed by atoms with Gasteiger partial charge in [-0.1, -0.05) is 18.9 Å². The predicted octanol–water partition coefficient (Wildman–Crippen LogP) is 2.76. The fourth-order valence-corrected chi connectivity index (χ4v) is 2.18. The number of benzene rings is 1. The largest absolute Gasteiger partial charge is 0.494 e.